The fourth-order valence-electron chi connectivity index (χ4n) is 4.76. The molecule has 4 aliphatic rings. The third-order valence-electron chi connectivity index (χ3n) is 6.81. The molecule has 2 atom stereocenters. The quantitative estimate of drug-likeness (QED) is 0.134. The van der Waals surface area contributed by atoms with Gasteiger partial charge in [-0.15, -0.1) is 11.8 Å². The number of aromatic nitrogens is 4. The van der Waals surface area contributed by atoms with E-state index in [4.69, 9.17) is 0 Å². The first kappa shape index (κ1) is 27.2. The molecule has 1 radical (unpaired) electrons. The van der Waals surface area contributed by atoms with Gasteiger partial charge in [-0.2, -0.15) is 5.10 Å². The van der Waals surface area contributed by atoms with Gasteiger partial charge in [0.25, 0.3) is 5.91 Å². The van der Waals surface area contributed by atoms with Crippen LogP contribution < -0.4 is 5.32 Å². The molecule has 193 valence electrons. The van der Waals surface area contributed by atoms with E-state index in [0.717, 1.165) is 19.4 Å². The van der Waals surface area contributed by atoms with Gasteiger partial charge in [0.15, 0.2) is 5.65 Å². The van der Waals surface area contributed by atoms with Crippen molar-refractivity contribution in [1.29, 1.82) is 0 Å². The monoisotopic (exact) mass is 564 g/mol. The standard InChI is InChI=1S/C23H23N7O5S2.Na/c31-15(9-36-19-14-6-26-28-18(14)24-10-25-19)27-16-21(33)30-17(23(34)35)13(8-37-22(16)30)5-12-3-4-29(20(12)32)7-11-1-2-11;/h5-6,10-11,16,22H,1-4,7-9H2,(H,27,31)(H,34,35)(H,24,25,26,28);/b12-5+;/t16-,22-;/m1./s1. The summed E-state index contributed by atoms with van der Waals surface area (Å²) in [6, 6.07) is -0.817. The van der Waals surface area contributed by atoms with Crippen molar-refractivity contribution in [3.05, 3.63) is 35.4 Å². The van der Waals surface area contributed by atoms with Gasteiger partial charge in [-0.05, 0) is 36.8 Å². The molecule has 1 aliphatic carbocycles. The van der Waals surface area contributed by atoms with E-state index < -0.39 is 23.3 Å². The van der Waals surface area contributed by atoms with E-state index in [1.165, 1.54) is 34.8 Å². The molecular formula is C23H23N7NaO5S2. The molecule has 3 amide bonds. The van der Waals surface area contributed by atoms with Gasteiger partial charge in [0.2, 0.25) is 11.8 Å². The maximum absolute atomic E-state index is 13.0. The number of aliphatic carboxylic acids is 1. The number of amides is 3. The second-order valence-electron chi connectivity index (χ2n) is 9.35. The zero-order chi connectivity index (χ0) is 25.7. The summed E-state index contributed by atoms with van der Waals surface area (Å²) in [4.78, 5) is 61.8. The molecule has 0 spiro atoms. The Labute approximate surface area is 247 Å². The average molecular weight is 565 g/mol. The Hall–Kier alpha value is -2.39. The van der Waals surface area contributed by atoms with Crippen LogP contribution in [-0.4, -0.2) is 124 Å². The van der Waals surface area contributed by atoms with Crippen molar-refractivity contribution in [2.45, 2.75) is 35.7 Å². The molecule has 2 aromatic heterocycles. The number of carboxylic acid groups (broad SMARTS) is 1. The zero-order valence-corrected chi connectivity index (χ0v) is 24.2. The van der Waals surface area contributed by atoms with Crippen molar-refractivity contribution >= 4 is 87.8 Å². The van der Waals surface area contributed by atoms with E-state index in [2.05, 4.69) is 25.5 Å². The number of carbonyl (C=O) groups is 4. The van der Waals surface area contributed by atoms with Crippen LogP contribution in [0.25, 0.3) is 11.0 Å². The maximum atomic E-state index is 13.0. The summed E-state index contributed by atoms with van der Waals surface area (Å²) < 4.78 is 0. The summed E-state index contributed by atoms with van der Waals surface area (Å²) >= 11 is 2.58. The minimum absolute atomic E-state index is 0. The first-order chi connectivity index (χ1) is 17.9. The number of H-pyrrole nitrogens is 1. The van der Waals surface area contributed by atoms with E-state index in [9.17, 15) is 24.3 Å². The van der Waals surface area contributed by atoms with Crippen LogP contribution in [-0.2, 0) is 19.2 Å². The molecule has 3 N–H and O–H groups in total. The van der Waals surface area contributed by atoms with Crippen LogP contribution in [0.1, 0.15) is 19.3 Å². The van der Waals surface area contributed by atoms with Crippen LogP contribution in [0.3, 0.4) is 0 Å². The Bertz CT molecular complexity index is 1390. The molecule has 15 heteroatoms. The number of allylic oxidation sites excluding steroid dienone is 1. The molecule has 2 saturated heterocycles. The van der Waals surface area contributed by atoms with Crippen molar-refractivity contribution < 1.29 is 24.3 Å². The summed E-state index contributed by atoms with van der Waals surface area (Å²) in [5, 5.41) is 20.1. The second kappa shape index (κ2) is 11.0. The molecule has 1 saturated carbocycles. The Morgan fingerprint density at radius 3 is 2.87 bits per heavy atom. The largest absolute Gasteiger partial charge is 0.477 e. The van der Waals surface area contributed by atoms with Crippen molar-refractivity contribution in [2.75, 3.05) is 24.6 Å². The number of carboxylic acids is 1. The number of hydrogen-bond acceptors (Lipinski definition) is 9. The van der Waals surface area contributed by atoms with Crippen LogP contribution >= 0.6 is 23.5 Å². The van der Waals surface area contributed by atoms with E-state index >= 15 is 0 Å². The Kier molecular flexibility index (Phi) is 7.87. The fraction of sp³-hybridized carbons (Fsp3) is 0.435. The zero-order valence-electron chi connectivity index (χ0n) is 20.5. The number of fused-ring (bicyclic) bond motifs is 2. The SMILES string of the molecule is O=C(CSc1ncnc2[nH]ncc12)N[C@@H]1C(=O)N2C(C(=O)O)=C(/C=C3\CCN(CC4CC4)C3=O)CS[C@H]12.[Na]. The van der Waals surface area contributed by atoms with Crippen molar-refractivity contribution in [2.24, 2.45) is 5.92 Å². The van der Waals surface area contributed by atoms with Crippen LogP contribution in [0.5, 0.6) is 0 Å². The molecule has 2 aromatic rings. The van der Waals surface area contributed by atoms with E-state index in [1.807, 2.05) is 4.90 Å². The van der Waals surface area contributed by atoms with E-state index in [-0.39, 0.29) is 52.8 Å². The summed E-state index contributed by atoms with van der Waals surface area (Å²) in [7, 11) is 0. The molecule has 0 bridgehead atoms. The number of rotatable bonds is 8. The number of β-lactam (4-membered cyclic amide) rings is 1. The number of nitrogens with one attached hydrogen (secondary N) is 2. The van der Waals surface area contributed by atoms with Crippen LogP contribution in [0.2, 0.25) is 0 Å². The van der Waals surface area contributed by atoms with E-state index in [0.29, 0.717) is 51.8 Å². The third kappa shape index (κ3) is 5.11. The van der Waals surface area contributed by atoms with Crippen molar-refractivity contribution in [3.8, 4) is 0 Å². The third-order valence-corrected chi connectivity index (χ3v) is 9.11. The van der Waals surface area contributed by atoms with Gasteiger partial charge in [0.05, 0.1) is 17.3 Å². The topological polar surface area (TPSA) is 161 Å². The summed E-state index contributed by atoms with van der Waals surface area (Å²) in [5.41, 5.74) is 1.49. The Morgan fingerprint density at radius 2 is 2.11 bits per heavy atom. The molecule has 38 heavy (non-hydrogen) atoms. The number of carbonyl (C=O) groups excluding carboxylic acids is 3. The number of likely N-dealkylation sites (tertiary alicyclic amines) is 1. The van der Waals surface area contributed by atoms with Crippen molar-refractivity contribution in [3.63, 3.8) is 0 Å². The molecule has 12 nitrogen and oxygen atoms in total. The minimum Gasteiger partial charge on any atom is -0.477 e. The molecule has 0 aromatic carbocycles. The van der Waals surface area contributed by atoms with Gasteiger partial charge in [0, 0.05) is 54.0 Å². The second-order valence-corrected chi connectivity index (χ2v) is 11.4. The van der Waals surface area contributed by atoms with Crippen LogP contribution in [0.15, 0.2) is 40.5 Å². The predicted octanol–water partition coefficient (Wildman–Crippen LogP) is 0.372. The van der Waals surface area contributed by atoms with Gasteiger partial charge in [-0.1, -0.05) is 11.8 Å². The number of nitrogens with zero attached hydrogens (tertiary/aromatic N) is 5. The predicted molar refractivity (Wildman–Crippen MR) is 140 cm³/mol. The number of aromatic amines is 1. The normalized spacial score (nSPS) is 23.9. The number of thioether (sulfide) groups is 2. The molecular weight excluding hydrogens is 541 g/mol. The summed E-state index contributed by atoms with van der Waals surface area (Å²) in [5.74, 6) is -1.17. The van der Waals surface area contributed by atoms with Gasteiger partial charge < -0.3 is 15.3 Å². The summed E-state index contributed by atoms with van der Waals surface area (Å²) in [6.07, 6.45) is 7.48. The Morgan fingerprint density at radius 1 is 1.29 bits per heavy atom. The average Bonchev–Trinajstić information content (AvgIpc) is 3.46. The summed E-state index contributed by atoms with van der Waals surface area (Å²) in [6.45, 7) is 1.40. The molecule has 3 fully saturated rings. The Balaban J connectivity index is 0.00000294. The van der Waals surface area contributed by atoms with E-state index in [1.54, 1.807) is 12.3 Å². The number of hydrogen-bond donors (Lipinski definition) is 3. The molecule has 5 heterocycles. The van der Waals surface area contributed by atoms with Gasteiger partial charge in [-0.3, -0.25) is 24.4 Å². The maximum Gasteiger partial charge on any atom is 0.352 e. The van der Waals surface area contributed by atoms with Gasteiger partial charge in [-0.25, -0.2) is 14.8 Å². The molecule has 0 unspecified atom stereocenters. The fourth-order valence-corrected chi connectivity index (χ4v) is 6.84. The van der Waals surface area contributed by atoms with Crippen molar-refractivity contribution in [1.82, 2.24) is 35.3 Å². The molecule has 6 rings (SSSR count). The van der Waals surface area contributed by atoms with Crippen LogP contribution in [0.4, 0.5) is 0 Å². The van der Waals surface area contributed by atoms with Gasteiger partial charge >= 0.3 is 5.97 Å². The van der Waals surface area contributed by atoms with Gasteiger partial charge in [0.1, 0.15) is 28.5 Å². The minimum atomic E-state index is -1.22. The first-order valence-corrected chi connectivity index (χ1v) is 13.9. The first-order valence-electron chi connectivity index (χ1n) is 11.9. The molecule has 3 aliphatic heterocycles. The van der Waals surface area contributed by atoms with Crippen LogP contribution in [0, 0.1) is 5.92 Å². The smallest absolute Gasteiger partial charge is 0.352 e.